The SMILES string of the molecule is C=CC(=O)N1[C@H](C)CN(c2nc(=O)n3c4c(c(-c5ccc(F)cc5F)c(C(F)(F)F)cc24)SCC(OCCN(C)C)C3)C[C@@H]1C. The Morgan fingerprint density at radius 3 is 2.44 bits per heavy atom. The van der Waals surface area contributed by atoms with Crippen LogP contribution >= 0.6 is 11.8 Å². The van der Waals surface area contributed by atoms with E-state index in [0.717, 1.165) is 30.0 Å². The number of carbonyl (C=O) groups is 1. The summed E-state index contributed by atoms with van der Waals surface area (Å²) in [5.41, 5.74) is -2.57. The smallest absolute Gasteiger partial charge is 0.374 e. The summed E-state index contributed by atoms with van der Waals surface area (Å²) in [5, 5.41) is 0.0625. The van der Waals surface area contributed by atoms with Gasteiger partial charge in [-0.25, -0.2) is 13.6 Å². The van der Waals surface area contributed by atoms with E-state index in [9.17, 15) is 27.2 Å². The van der Waals surface area contributed by atoms with Crippen LogP contribution in [0, 0.1) is 11.6 Å². The summed E-state index contributed by atoms with van der Waals surface area (Å²) in [4.78, 5) is 35.9. The van der Waals surface area contributed by atoms with Crippen molar-refractivity contribution in [1.82, 2.24) is 19.4 Å². The quantitative estimate of drug-likeness (QED) is 0.263. The summed E-state index contributed by atoms with van der Waals surface area (Å²) in [5.74, 6) is -2.15. The first-order chi connectivity index (χ1) is 21.2. The molecule has 3 aromatic rings. The van der Waals surface area contributed by atoms with E-state index in [1.807, 2.05) is 19.0 Å². The van der Waals surface area contributed by atoms with Crippen LogP contribution in [0.4, 0.5) is 27.8 Å². The van der Waals surface area contributed by atoms with E-state index in [1.54, 1.807) is 23.6 Å². The van der Waals surface area contributed by atoms with E-state index in [0.29, 0.717) is 19.2 Å². The molecule has 3 atom stereocenters. The third-order valence-electron chi connectivity index (χ3n) is 8.04. The predicted octanol–water partition coefficient (Wildman–Crippen LogP) is 5.02. The molecule has 0 radical (unpaired) electrons. The van der Waals surface area contributed by atoms with E-state index < -0.39 is 46.3 Å². The molecule has 1 amide bonds. The normalized spacial score (nSPS) is 20.5. The fourth-order valence-electron chi connectivity index (χ4n) is 6.10. The van der Waals surface area contributed by atoms with Crippen molar-refractivity contribution < 1.29 is 31.5 Å². The van der Waals surface area contributed by atoms with Crippen molar-refractivity contribution in [2.45, 2.75) is 49.7 Å². The second kappa shape index (κ2) is 12.7. The molecule has 242 valence electrons. The van der Waals surface area contributed by atoms with Gasteiger partial charge in [-0.1, -0.05) is 6.58 Å². The Labute approximate surface area is 261 Å². The number of hydrogen-bond acceptors (Lipinski definition) is 7. The Morgan fingerprint density at radius 1 is 1.16 bits per heavy atom. The standard InChI is InChI=1S/C31H34F5N5O3S/c1-6-25(42)41-17(2)13-39(14-18(41)3)29-22-12-23(31(34,35)36)26(21-8-7-19(32)11-24(21)33)28-27(22)40(30(43)37-29)15-20(16-45-28)44-10-9-38(4)5/h6-8,11-12,17-18,20H,1,9-10,13-16H2,2-5H3/t17-,18+,20?. The molecular formula is C31H34F5N5O3S. The van der Waals surface area contributed by atoms with Crippen LogP contribution < -0.4 is 10.6 Å². The summed E-state index contributed by atoms with van der Waals surface area (Å²) in [7, 11) is 3.74. The highest BCUT2D eigenvalue weighted by molar-refractivity contribution is 7.99. The summed E-state index contributed by atoms with van der Waals surface area (Å²) in [6, 6.07) is 2.59. The molecule has 14 heteroatoms. The van der Waals surface area contributed by atoms with Gasteiger partial charge in [0.1, 0.15) is 17.5 Å². The van der Waals surface area contributed by atoms with E-state index >= 15 is 4.39 Å². The lowest BCUT2D eigenvalue weighted by Crippen LogP contribution is -2.58. The molecule has 45 heavy (non-hydrogen) atoms. The minimum absolute atomic E-state index is 0.0150. The number of hydrogen-bond donors (Lipinski definition) is 0. The average Bonchev–Trinajstić information content (AvgIpc) is 3.14. The van der Waals surface area contributed by atoms with Crippen molar-refractivity contribution in [2.24, 2.45) is 0 Å². The van der Waals surface area contributed by atoms with Gasteiger partial charge in [0.25, 0.3) is 0 Å². The highest BCUT2D eigenvalue weighted by Gasteiger charge is 2.40. The highest BCUT2D eigenvalue weighted by atomic mass is 32.2. The average molecular weight is 652 g/mol. The second-order valence-corrected chi connectivity index (χ2v) is 12.7. The van der Waals surface area contributed by atoms with Crippen molar-refractivity contribution >= 4 is 34.4 Å². The van der Waals surface area contributed by atoms with Crippen molar-refractivity contribution in [3.63, 3.8) is 0 Å². The molecule has 0 spiro atoms. The van der Waals surface area contributed by atoms with Crippen LogP contribution in [0.3, 0.4) is 0 Å². The number of alkyl halides is 3. The molecule has 1 fully saturated rings. The molecule has 1 saturated heterocycles. The van der Waals surface area contributed by atoms with Gasteiger partial charge >= 0.3 is 11.9 Å². The second-order valence-electron chi connectivity index (χ2n) is 11.6. The number of thioether (sulfide) groups is 1. The third kappa shape index (κ3) is 6.45. The van der Waals surface area contributed by atoms with Gasteiger partial charge in [-0.3, -0.25) is 9.36 Å². The number of halogens is 5. The number of likely N-dealkylation sites (N-methyl/N-ethyl adjacent to an activating group) is 1. The number of ether oxygens (including phenoxy) is 1. The van der Waals surface area contributed by atoms with Crippen LogP contribution in [0.25, 0.3) is 22.0 Å². The van der Waals surface area contributed by atoms with Gasteiger partial charge in [0.2, 0.25) is 5.91 Å². The van der Waals surface area contributed by atoms with Gasteiger partial charge in [0.15, 0.2) is 0 Å². The van der Waals surface area contributed by atoms with Gasteiger partial charge in [-0.2, -0.15) is 18.2 Å². The van der Waals surface area contributed by atoms with Gasteiger partial charge in [0, 0.05) is 64.9 Å². The number of benzene rings is 2. The Kier molecular flexibility index (Phi) is 9.30. The Bertz CT molecular complexity index is 1680. The molecule has 1 aromatic heterocycles. The van der Waals surface area contributed by atoms with Gasteiger partial charge in [0.05, 0.1) is 30.3 Å². The molecule has 0 N–H and O–H groups in total. The number of aromatic nitrogens is 2. The first-order valence-corrected chi connectivity index (χ1v) is 15.4. The number of rotatable bonds is 7. The molecular weight excluding hydrogens is 617 g/mol. The maximum absolute atomic E-state index is 15.3. The summed E-state index contributed by atoms with van der Waals surface area (Å²) < 4.78 is 81.2. The molecule has 2 aromatic carbocycles. The van der Waals surface area contributed by atoms with Crippen molar-refractivity contribution in [2.75, 3.05) is 51.0 Å². The minimum atomic E-state index is -4.94. The van der Waals surface area contributed by atoms with E-state index in [2.05, 4.69) is 11.6 Å². The Balaban J connectivity index is 1.77. The fraction of sp³-hybridized carbons (Fsp3) is 0.452. The predicted molar refractivity (Wildman–Crippen MR) is 164 cm³/mol. The van der Waals surface area contributed by atoms with E-state index in [-0.39, 0.29) is 65.0 Å². The maximum atomic E-state index is 15.3. The van der Waals surface area contributed by atoms with Crippen LogP contribution in [-0.4, -0.2) is 89.5 Å². The number of piperazine rings is 1. The maximum Gasteiger partial charge on any atom is 0.417 e. The van der Waals surface area contributed by atoms with Crippen LogP contribution in [-0.2, 0) is 22.3 Å². The minimum Gasteiger partial charge on any atom is -0.374 e. The lowest BCUT2D eigenvalue weighted by Gasteiger charge is -2.44. The largest absolute Gasteiger partial charge is 0.417 e. The number of anilines is 1. The Hall–Kier alpha value is -3.49. The van der Waals surface area contributed by atoms with Gasteiger partial charge in [-0.15, -0.1) is 11.8 Å². The molecule has 0 bridgehead atoms. The molecule has 8 nitrogen and oxygen atoms in total. The van der Waals surface area contributed by atoms with Crippen LogP contribution in [0.2, 0.25) is 0 Å². The van der Waals surface area contributed by atoms with Crippen molar-refractivity contribution in [1.29, 1.82) is 0 Å². The summed E-state index contributed by atoms with van der Waals surface area (Å²) in [6.07, 6.45) is -4.30. The lowest BCUT2D eigenvalue weighted by atomic mass is 9.95. The molecule has 0 aliphatic carbocycles. The van der Waals surface area contributed by atoms with E-state index in [1.165, 1.54) is 10.6 Å². The number of amides is 1. The number of carbonyl (C=O) groups excluding carboxylic acids is 1. The lowest BCUT2D eigenvalue weighted by molar-refractivity contribution is -0.137. The molecule has 0 saturated carbocycles. The zero-order valence-electron chi connectivity index (χ0n) is 25.3. The zero-order valence-corrected chi connectivity index (χ0v) is 26.1. The van der Waals surface area contributed by atoms with Crippen molar-refractivity contribution in [3.8, 4) is 11.1 Å². The molecule has 3 heterocycles. The molecule has 5 rings (SSSR count). The number of nitrogens with zero attached hydrogens (tertiary/aromatic N) is 5. The highest BCUT2D eigenvalue weighted by Crippen LogP contribution is 2.49. The third-order valence-corrected chi connectivity index (χ3v) is 9.27. The monoisotopic (exact) mass is 651 g/mol. The van der Waals surface area contributed by atoms with Crippen LogP contribution in [0.15, 0.2) is 46.6 Å². The van der Waals surface area contributed by atoms with Gasteiger partial charge in [-0.05, 0) is 52.2 Å². The first kappa shape index (κ1) is 32.9. The van der Waals surface area contributed by atoms with Gasteiger partial charge < -0.3 is 19.4 Å². The summed E-state index contributed by atoms with van der Waals surface area (Å²) in [6.45, 7) is 8.47. The molecule has 2 aliphatic heterocycles. The fourth-order valence-corrected chi connectivity index (χ4v) is 7.37. The zero-order chi connectivity index (χ0) is 32.8. The Morgan fingerprint density at radius 2 is 1.84 bits per heavy atom. The van der Waals surface area contributed by atoms with Crippen LogP contribution in [0.1, 0.15) is 19.4 Å². The van der Waals surface area contributed by atoms with Crippen LogP contribution in [0.5, 0.6) is 0 Å². The topological polar surface area (TPSA) is 70.9 Å². The van der Waals surface area contributed by atoms with E-state index in [4.69, 9.17) is 4.74 Å². The molecule has 2 aliphatic rings. The summed E-state index contributed by atoms with van der Waals surface area (Å²) >= 11 is 1.04. The first-order valence-electron chi connectivity index (χ1n) is 14.4. The molecule has 1 unspecified atom stereocenters. The van der Waals surface area contributed by atoms with Crippen molar-refractivity contribution in [3.05, 3.63) is 64.6 Å².